The van der Waals surface area contributed by atoms with Crippen molar-refractivity contribution in [3.63, 3.8) is 0 Å². The van der Waals surface area contributed by atoms with Gasteiger partial charge in [0.2, 0.25) is 0 Å². The van der Waals surface area contributed by atoms with Crippen molar-refractivity contribution in [2.75, 3.05) is 0 Å². The molecule has 4 rings (SSSR count). The van der Waals surface area contributed by atoms with Crippen LogP contribution in [0.4, 0.5) is 4.39 Å². The maximum Gasteiger partial charge on any atom is 0.124 e. The molecule has 5 nitrogen and oxygen atoms in total. The number of rotatable bonds is 7. The van der Waals surface area contributed by atoms with E-state index in [-0.39, 0.29) is 5.82 Å². The predicted molar refractivity (Wildman–Crippen MR) is 143 cm³/mol. The molecule has 0 radical (unpaired) electrons. The largest absolute Gasteiger partial charge is 0.399 e. The number of nitrogens with one attached hydrogen (secondary N) is 2. The van der Waals surface area contributed by atoms with E-state index >= 15 is 0 Å². The van der Waals surface area contributed by atoms with Gasteiger partial charge in [-0.2, -0.15) is 5.10 Å². The summed E-state index contributed by atoms with van der Waals surface area (Å²) in [6, 6.07) is 9.04. The van der Waals surface area contributed by atoms with Crippen LogP contribution in [0, 0.1) is 19.7 Å². The number of allylic oxidation sites excluding steroid dienone is 6. The van der Waals surface area contributed by atoms with Crippen LogP contribution in [0.15, 0.2) is 85.8 Å². The lowest BCUT2D eigenvalue weighted by Crippen LogP contribution is -1.94. The van der Waals surface area contributed by atoms with E-state index < -0.39 is 0 Å². The molecule has 3 aromatic heterocycles. The van der Waals surface area contributed by atoms with Crippen LogP contribution in [-0.2, 0) is 0 Å². The highest BCUT2D eigenvalue weighted by Gasteiger charge is 2.17. The number of benzene rings is 1. The molecule has 0 aliphatic heterocycles. The van der Waals surface area contributed by atoms with E-state index in [1.165, 1.54) is 12.1 Å². The molecular formula is C29H28FN5. The molecule has 1 aromatic carbocycles. The van der Waals surface area contributed by atoms with E-state index in [0.29, 0.717) is 5.70 Å². The van der Waals surface area contributed by atoms with Gasteiger partial charge in [0.15, 0.2) is 0 Å². The topological polar surface area (TPSA) is 83.4 Å². The molecule has 3 heterocycles. The molecule has 35 heavy (non-hydrogen) atoms. The first-order valence-corrected chi connectivity index (χ1v) is 11.3. The Kier molecular flexibility index (Phi) is 6.64. The zero-order valence-corrected chi connectivity index (χ0v) is 20.1. The molecule has 0 saturated carbocycles. The Morgan fingerprint density at radius 2 is 1.91 bits per heavy atom. The number of pyridine rings is 1. The second-order valence-electron chi connectivity index (χ2n) is 8.33. The Morgan fingerprint density at radius 3 is 2.60 bits per heavy atom. The minimum atomic E-state index is -0.271. The minimum Gasteiger partial charge on any atom is -0.399 e. The monoisotopic (exact) mass is 465 g/mol. The third-order valence-electron chi connectivity index (χ3n) is 5.81. The lowest BCUT2D eigenvalue weighted by atomic mass is 9.96. The molecule has 0 spiro atoms. The summed E-state index contributed by atoms with van der Waals surface area (Å²) in [6.07, 6.45) is 10.8. The number of H-pyrrole nitrogens is 2. The van der Waals surface area contributed by atoms with Crippen molar-refractivity contribution in [2.24, 2.45) is 5.73 Å². The van der Waals surface area contributed by atoms with E-state index in [1.807, 2.05) is 57.2 Å². The fourth-order valence-corrected chi connectivity index (χ4v) is 4.14. The van der Waals surface area contributed by atoms with Gasteiger partial charge in [-0.05, 0) is 79.5 Å². The van der Waals surface area contributed by atoms with Crippen molar-refractivity contribution in [3.05, 3.63) is 120 Å². The minimum absolute atomic E-state index is 0.271. The van der Waals surface area contributed by atoms with Gasteiger partial charge in [-0.3, -0.25) is 10.1 Å². The van der Waals surface area contributed by atoms with Crippen molar-refractivity contribution in [3.8, 4) is 11.4 Å². The smallest absolute Gasteiger partial charge is 0.124 e. The summed E-state index contributed by atoms with van der Waals surface area (Å²) < 4.78 is 14.2. The summed E-state index contributed by atoms with van der Waals surface area (Å²) in [5, 5.41) is 8.54. The third kappa shape index (κ3) is 4.77. The third-order valence-corrected chi connectivity index (χ3v) is 5.81. The molecule has 0 fully saturated rings. The first kappa shape index (κ1) is 23.7. The first-order chi connectivity index (χ1) is 16.8. The number of nitrogens with zero attached hydrogens (tertiary/aromatic N) is 2. The standard InChI is InChI=1S/C29H28FN5/c1-6-9-23(20-10-17(4)11-21(30)12-20)24-14-27(33-18(24)5)29-25-15-26(32-16-28(25)34-35-29)19(7-2)13-22(31)8-3/h6-16,33H,1,3,31H2,2,4-5H3,(H,34,35)/b19-7+,22-13+,23-9-. The summed E-state index contributed by atoms with van der Waals surface area (Å²) in [4.78, 5) is 8.01. The molecule has 0 atom stereocenters. The van der Waals surface area contributed by atoms with Gasteiger partial charge in [0, 0.05) is 22.3 Å². The van der Waals surface area contributed by atoms with Crippen LogP contribution in [0.5, 0.6) is 0 Å². The number of aromatic amines is 2. The fourth-order valence-electron chi connectivity index (χ4n) is 4.14. The van der Waals surface area contributed by atoms with Crippen molar-refractivity contribution in [2.45, 2.75) is 20.8 Å². The van der Waals surface area contributed by atoms with E-state index in [2.05, 4.69) is 33.3 Å². The van der Waals surface area contributed by atoms with E-state index in [4.69, 9.17) is 5.73 Å². The molecule has 0 aliphatic rings. The van der Waals surface area contributed by atoms with Gasteiger partial charge in [-0.1, -0.05) is 37.5 Å². The molecule has 176 valence electrons. The maximum atomic E-state index is 14.2. The molecule has 4 aromatic rings. The number of hydrogen-bond acceptors (Lipinski definition) is 3. The second-order valence-corrected chi connectivity index (χ2v) is 8.33. The van der Waals surface area contributed by atoms with Crippen molar-refractivity contribution >= 4 is 22.0 Å². The number of hydrogen-bond donors (Lipinski definition) is 3. The van der Waals surface area contributed by atoms with Gasteiger partial charge >= 0.3 is 0 Å². The van der Waals surface area contributed by atoms with Gasteiger partial charge in [0.05, 0.1) is 23.1 Å². The molecule has 0 bridgehead atoms. The number of aromatic nitrogens is 4. The molecule has 0 saturated heterocycles. The second kappa shape index (κ2) is 9.81. The van der Waals surface area contributed by atoms with Gasteiger partial charge in [0.1, 0.15) is 11.5 Å². The zero-order valence-electron chi connectivity index (χ0n) is 20.1. The Morgan fingerprint density at radius 1 is 1.11 bits per heavy atom. The first-order valence-electron chi connectivity index (χ1n) is 11.3. The number of halogens is 1. The number of fused-ring (bicyclic) bond motifs is 1. The maximum absolute atomic E-state index is 14.2. The quantitative estimate of drug-likeness (QED) is 0.264. The summed E-state index contributed by atoms with van der Waals surface area (Å²) in [7, 11) is 0. The molecule has 6 heteroatoms. The normalized spacial score (nSPS) is 12.9. The Bertz CT molecular complexity index is 1510. The SMILES string of the molecule is C=C/C=C(/c1cc(C)cc(F)c1)c1cc(-c2n[nH]c3cnc(C(/C=C(/N)C=C)=C/C)cc23)[nH]c1C. The van der Waals surface area contributed by atoms with Crippen LogP contribution in [0.25, 0.3) is 33.4 Å². The summed E-state index contributed by atoms with van der Waals surface area (Å²) in [6.45, 7) is 13.4. The van der Waals surface area contributed by atoms with Crippen LogP contribution in [0.2, 0.25) is 0 Å². The summed E-state index contributed by atoms with van der Waals surface area (Å²) in [5.74, 6) is -0.271. The van der Waals surface area contributed by atoms with Crippen molar-refractivity contribution < 1.29 is 4.39 Å². The highest BCUT2D eigenvalue weighted by atomic mass is 19.1. The van der Waals surface area contributed by atoms with Crippen LogP contribution in [-0.4, -0.2) is 20.2 Å². The van der Waals surface area contributed by atoms with Crippen LogP contribution >= 0.6 is 0 Å². The van der Waals surface area contributed by atoms with Crippen molar-refractivity contribution in [1.82, 2.24) is 20.2 Å². The molecule has 0 aliphatic carbocycles. The lowest BCUT2D eigenvalue weighted by molar-refractivity contribution is 0.626. The fraction of sp³-hybridized carbons (Fsp3) is 0.103. The Hall–Kier alpha value is -4.45. The van der Waals surface area contributed by atoms with E-state index in [0.717, 1.165) is 61.5 Å². The van der Waals surface area contributed by atoms with Gasteiger partial charge in [-0.25, -0.2) is 4.39 Å². The predicted octanol–water partition coefficient (Wildman–Crippen LogP) is 6.76. The number of aryl methyl sites for hydroxylation is 2. The van der Waals surface area contributed by atoms with Crippen LogP contribution in [0.3, 0.4) is 0 Å². The Labute approximate surface area is 204 Å². The van der Waals surface area contributed by atoms with Gasteiger partial charge in [-0.15, -0.1) is 0 Å². The summed E-state index contributed by atoms with van der Waals surface area (Å²) >= 11 is 0. The zero-order chi connectivity index (χ0) is 25.1. The summed E-state index contributed by atoms with van der Waals surface area (Å²) in [5.41, 5.74) is 15.0. The average Bonchev–Trinajstić information content (AvgIpc) is 3.42. The Balaban J connectivity index is 1.82. The van der Waals surface area contributed by atoms with Gasteiger partial charge in [0.25, 0.3) is 0 Å². The highest BCUT2D eigenvalue weighted by molar-refractivity contribution is 5.95. The molecule has 0 amide bonds. The van der Waals surface area contributed by atoms with Crippen molar-refractivity contribution in [1.29, 1.82) is 0 Å². The van der Waals surface area contributed by atoms with Crippen LogP contribution in [0.1, 0.15) is 35.0 Å². The van der Waals surface area contributed by atoms with Crippen LogP contribution < -0.4 is 5.73 Å². The molecular weight excluding hydrogens is 437 g/mol. The van der Waals surface area contributed by atoms with E-state index in [1.54, 1.807) is 18.3 Å². The average molecular weight is 466 g/mol. The lowest BCUT2D eigenvalue weighted by Gasteiger charge is -2.09. The molecule has 4 N–H and O–H groups in total. The van der Waals surface area contributed by atoms with E-state index in [9.17, 15) is 4.39 Å². The highest BCUT2D eigenvalue weighted by Crippen LogP contribution is 2.34. The number of nitrogens with two attached hydrogens (primary N) is 1. The van der Waals surface area contributed by atoms with Gasteiger partial charge < -0.3 is 10.7 Å². The molecule has 0 unspecified atom stereocenters.